The minimum absolute atomic E-state index is 0.187. The average Bonchev–Trinajstić information content (AvgIpc) is 3.11. The molecule has 1 amide bonds. The number of methoxy groups -OCH3 is 1. The number of para-hydroxylation sites is 1. The van der Waals surface area contributed by atoms with Crippen LogP contribution in [0.3, 0.4) is 0 Å². The summed E-state index contributed by atoms with van der Waals surface area (Å²) in [4.78, 5) is 39.3. The normalized spacial score (nSPS) is 13.2. The Morgan fingerprint density at radius 2 is 2.00 bits per heavy atom. The van der Waals surface area contributed by atoms with Gasteiger partial charge in [0.05, 0.1) is 18.2 Å². The molecule has 7 nitrogen and oxygen atoms in total. The van der Waals surface area contributed by atoms with Gasteiger partial charge < -0.3 is 10.1 Å². The summed E-state index contributed by atoms with van der Waals surface area (Å²) in [6, 6.07) is 7.08. The molecule has 0 bridgehead atoms. The van der Waals surface area contributed by atoms with Crippen molar-refractivity contribution in [2.75, 3.05) is 12.4 Å². The Balaban J connectivity index is 1.78. The summed E-state index contributed by atoms with van der Waals surface area (Å²) >= 11 is 1.38. The standard InChI is InChI=1S/C21H21N3O4S/c1-3-24-14-10-6-4-8-12(14)18(25)17(23-24)19(26)22-20-16(21(27)28-2)13-9-5-7-11-15(13)29-20/h4,6,8,10H,3,5,7,9,11H2,1-2H3,(H,22,26). The molecule has 0 fully saturated rings. The van der Waals surface area contributed by atoms with Gasteiger partial charge in [-0.15, -0.1) is 11.3 Å². The van der Waals surface area contributed by atoms with Crippen molar-refractivity contribution in [2.45, 2.75) is 39.2 Å². The Kier molecular flexibility index (Phi) is 5.19. The van der Waals surface area contributed by atoms with Gasteiger partial charge in [-0.05, 0) is 50.3 Å². The number of hydrogen-bond acceptors (Lipinski definition) is 6. The van der Waals surface area contributed by atoms with Crippen molar-refractivity contribution in [3.8, 4) is 0 Å². The number of aromatic nitrogens is 2. The number of nitrogens with one attached hydrogen (secondary N) is 1. The first-order valence-electron chi connectivity index (χ1n) is 9.59. The first kappa shape index (κ1) is 19.3. The van der Waals surface area contributed by atoms with Crippen LogP contribution in [0.25, 0.3) is 10.9 Å². The number of fused-ring (bicyclic) bond motifs is 2. The second-order valence-corrected chi connectivity index (χ2v) is 7.98. The van der Waals surface area contributed by atoms with Gasteiger partial charge in [0.2, 0.25) is 5.43 Å². The fourth-order valence-corrected chi connectivity index (χ4v) is 5.03. The highest BCUT2D eigenvalue weighted by molar-refractivity contribution is 7.17. The maximum absolute atomic E-state index is 13.0. The van der Waals surface area contributed by atoms with E-state index in [1.54, 1.807) is 22.9 Å². The average molecular weight is 411 g/mol. The van der Waals surface area contributed by atoms with Crippen molar-refractivity contribution in [3.63, 3.8) is 0 Å². The van der Waals surface area contributed by atoms with E-state index < -0.39 is 17.3 Å². The number of amides is 1. The van der Waals surface area contributed by atoms with E-state index in [2.05, 4.69) is 10.4 Å². The second-order valence-electron chi connectivity index (χ2n) is 6.87. The van der Waals surface area contributed by atoms with Crippen LogP contribution in [0.15, 0.2) is 29.1 Å². The van der Waals surface area contributed by atoms with Crippen molar-refractivity contribution in [1.82, 2.24) is 9.78 Å². The molecule has 0 radical (unpaired) electrons. The molecule has 1 N–H and O–H groups in total. The quantitative estimate of drug-likeness (QED) is 0.665. The SMILES string of the molecule is CCn1nc(C(=O)Nc2sc3c(c2C(=O)OC)CCCC3)c(=O)c2ccccc21. The summed E-state index contributed by atoms with van der Waals surface area (Å²) in [7, 11) is 1.33. The van der Waals surface area contributed by atoms with Crippen LogP contribution < -0.4 is 10.7 Å². The number of aryl methyl sites for hydroxylation is 2. The van der Waals surface area contributed by atoms with Crippen LogP contribution >= 0.6 is 11.3 Å². The lowest BCUT2D eigenvalue weighted by molar-refractivity contribution is 0.0601. The van der Waals surface area contributed by atoms with E-state index in [9.17, 15) is 14.4 Å². The molecule has 1 aliphatic carbocycles. The van der Waals surface area contributed by atoms with Crippen LogP contribution in [0.1, 0.15) is 51.1 Å². The lowest BCUT2D eigenvalue weighted by Crippen LogP contribution is -2.27. The van der Waals surface area contributed by atoms with E-state index in [1.807, 2.05) is 13.0 Å². The first-order chi connectivity index (χ1) is 14.0. The van der Waals surface area contributed by atoms with Gasteiger partial charge in [0, 0.05) is 16.8 Å². The number of anilines is 1. The Morgan fingerprint density at radius 1 is 1.24 bits per heavy atom. The predicted molar refractivity (Wildman–Crippen MR) is 112 cm³/mol. The molecule has 0 saturated heterocycles. The molecule has 0 saturated carbocycles. The van der Waals surface area contributed by atoms with Crippen LogP contribution in [-0.2, 0) is 24.1 Å². The smallest absolute Gasteiger partial charge is 0.341 e. The van der Waals surface area contributed by atoms with E-state index in [-0.39, 0.29) is 5.69 Å². The van der Waals surface area contributed by atoms with E-state index in [4.69, 9.17) is 4.74 Å². The summed E-state index contributed by atoms with van der Waals surface area (Å²) in [5.74, 6) is -1.09. The molecule has 29 heavy (non-hydrogen) atoms. The molecule has 2 heterocycles. The third-order valence-corrected chi connectivity index (χ3v) is 6.37. The second kappa shape index (κ2) is 7.79. The van der Waals surface area contributed by atoms with Crippen molar-refractivity contribution >= 4 is 39.1 Å². The zero-order valence-corrected chi connectivity index (χ0v) is 17.1. The number of thiophene rings is 1. The number of esters is 1. The predicted octanol–water partition coefficient (Wildman–Crippen LogP) is 3.40. The van der Waals surface area contributed by atoms with Crippen LogP contribution in [0.4, 0.5) is 5.00 Å². The van der Waals surface area contributed by atoms with Gasteiger partial charge in [0.25, 0.3) is 5.91 Å². The topological polar surface area (TPSA) is 90.3 Å². The van der Waals surface area contributed by atoms with Gasteiger partial charge in [0.15, 0.2) is 5.69 Å². The third-order valence-electron chi connectivity index (χ3n) is 5.17. The Bertz CT molecular complexity index is 1180. The Morgan fingerprint density at radius 3 is 2.76 bits per heavy atom. The minimum atomic E-state index is -0.619. The first-order valence-corrected chi connectivity index (χ1v) is 10.4. The minimum Gasteiger partial charge on any atom is -0.465 e. The molecule has 8 heteroatoms. The van der Waals surface area contributed by atoms with Crippen molar-refractivity contribution in [1.29, 1.82) is 0 Å². The van der Waals surface area contributed by atoms with Gasteiger partial charge in [-0.2, -0.15) is 5.10 Å². The van der Waals surface area contributed by atoms with Crippen molar-refractivity contribution in [3.05, 3.63) is 56.2 Å². The molecule has 4 rings (SSSR count). The van der Waals surface area contributed by atoms with Gasteiger partial charge in [0.1, 0.15) is 5.00 Å². The van der Waals surface area contributed by atoms with Crippen LogP contribution in [-0.4, -0.2) is 28.8 Å². The van der Waals surface area contributed by atoms with E-state index in [0.717, 1.165) is 36.1 Å². The molecule has 0 spiro atoms. The number of nitrogens with zero attached hydrogens (tertiary/aromatic N) is 2. The molecule has 3 aromatic rings. The zero-order chi connectivity index (χ0) is 20.5. The molecular weight excluding hydrogens is 390 g/mol. The molecule has 0 atom stereocenters. The molecule has 2 aromatic heterocycles. The monoisotopic (exact) mass is 411 g/mol. The number of benzene rings is 1. The molecule has 150 valence electrons. The van der Waals surface area contributed by atoms with E-state index in [0.29, 0.717) is 28.0 Å². The molecular formula is C21H21N3O4S. The summed E-state index contributed by atoms with van der Waals surface area (Å²) < 4.78 is 6.57. The highest BCUT2D eigenvalue weighted by Crippen LogP contribution is 2.38. The van der Waals surface area contributed by atoms with E-state index >= 15 is 0 Å². The lowest BCUT2D eigenvalue weighted by atomic mass is 9.95. The summed E-state index contributed by atoms with van der Waals surface area (Å²) in [5.41, 5.74) is 1.41. The van der Waals surface area contributed by atoms with Gasteiger partial charge in [-0.25, -0.2) is 4.79 Å². The summed E-state index contributed by atoms with van der Waals surface area (Å²) in [6.07, 6.45) is 3.70. The van der Waals surface area contributed by atoms with Crippen LogP contribution in [0.2, 0.25) is 0 Å². The molecule has 1 aromatic carbocycles. The Labute approximate surface area is 171 Å². The number of ether oxygens (including phenoxy) is 1. The van der Waals surface area contributed by atoms with Crippen molar-refractivity contribution in [2.24, 2.45) is 0 Å². The fourth-order valence-electron chi connectivity index (χ4n) is 3.76. The molecule has 0 unspecified atom stereocenters. The lowest BCUT2D eigenvalue weighted by Gasteiger charge is -2.12. The van der Waals surface area contributed by atoms with Gasteiger partial charge >= 0.3 is 5.97 Å². The van der Waals surface area contributed by atoms with Crippen molar-refractivity contribution < 1.29 is 14.3 Å². The highest BCUT2D eigenvalue weighted by Gasteiger charge is 2.28. The highest BCUT2D eigenvalue weighted by atomic mass is 32.1. The summed E-state index contributed by atoms with van der Waals surface area (Å²) in [5, 5.41) is 7.89. The fraction of sp³-hybridized carbons (Fsp3) is 0.333. The molecule has 1 aliphatic rings. The van der Waals surface area contributed by atoms with Crippen LogP contribution in [0, 0.1) is 0 Å². The van der Waals surface area contributed by atoms with Gasteiger partial charge in [-0.1, -0.05) is 12.1 Å². The number of carbonyl (C=O) groups excluding carboxylic acids is 2. The number of hydrogen-bond donors (Lipinski definition) is 1. The largest absolute Gasteiger partial charge is 0.465 e. The number of carbonyl (C=O) groups is 2. The third kappa shape index (κ3) is 3.33. The Hall–Kier alpha value is -3.00. The maximum atomic E-state index is 13.0. The summed E-state index contributed by atoms with van der Waals surface area (Å²) in [6.45, 7) is 2.41. The van der Waals surface area contributed by atoms with Gasteiger partial charge in [-0.3, -0.25) is 14.3 Å². The number of rotatable bonds is 4. The zero-order valence-electron chi connectivity index (χ0n) is 16.3. The maximum Gasteiger partial charge on any atom is 0.341 e. The molecule has 0 aliphatic heterocycles. The van der Waals surface area contributed by atoms with E-state index in [1.165, 1.54) is 18.4 Å². The van der Waals surface area contributed by atoms with Crippen LogP contribution in [0.5, 0.6) is 0 Å².